The van der Waals surface area contributed by atoms with Crippen LogP contribution in [0.15, 0.2) is 0 Å². The van der Waals surface area contributed by atoms with Crippen LogP contribution in [0.2, 0.25) is 0 Å². The molecule has 1 N–H and O–H groups in total. The third-order valence-electron chi connectivity index (χ3n) is 6.53. The van der Waals surface area contributed by atoms with Crippen molar-refractivity contribution < 1.29 is 28.7 Å². The van der Waals surface area contributed by atoms with Crippen LogP contribution in [0.25, 0.3) is 0 Å². The van der Waals surface area contributed by atoms with Crippen LogP contribution in [0.4, 0.5) is 0 Å². The number of amides is 4. The van der Waals surface area contributed by atoms with E-state index in [4.69, 9.17) is 4.74 Å². The van der Waals surface area contributed by atoms with Crippen molar-refractivity contribution in [2.45, 2.75) is 68.3 Å². The first-order valence-electron chi connectivity index (χ1n) is 10.0. The second-order valence-electron chi connectivity index (χ2n) is 8.32. The van der Waals surface area contributed by atoms with E-state index in [0.717, 1.165) is 19.3 Å². The predicted molar refractivity (Wildman–Crippen MR) is 102 cm³/mol. The van der Waals surface area contributed by atoms with Gasteiger partial charge in [-0.15, -0.1) is 11.8 Å². The third kappa shape index (κ3) is 3.31. The zero-order valence-corrected chi connectivity index (χ0v) is 17.2. The first kappa shape index (κ1) is 20.2. The Balaban J connectivity index is 1.43. The minimum atomic E-state index is -1.04. The van der Waals surface area contributed by atoms with E-state index < -0.39 is 46.7 Å². The van der Waals surface area contributed by atoms with Gasteiger partial charge in [0.2, 0.25) is 11.8 Å². The Kier molecular flexibility index (Phi) is 5.08. The maximum absolute atomic E-state index is 12.9. The molecule has 4 fully saturated rings. The van der Waals surface area contributed by atoms with Gasteiger partial charge in [-0.05, 0) is 26.2 Å². The Bertz CT molecular complexity index is 780. The van der Waals surface area contributed by atoms with E-state index in [2.05, 4.69) is 5.32 Å². The van der Waals surface area contributed by atoms with E-state index in [0.29, 0.717) is 31.4 Å². The summed E-state index contributed by atoms with van der Waals surface area (Å²) in [5.74, 6) is -1.79. The van der Waals surface area contributed by atoms with Crippen LogP contribution in [0, 0.1) is 0 Å². The summed E-state index contributed by atoms with van der Waals surface area (Å²) in [5.41, 5.74) is -1.04. The number of nitrogens with one attached hydrogen (secondary N) is 1. The number of esters is 1. The van der Waals surface area contributed by atoms with Gasteiger partial charge in [-0.3, -0.25) is 24.5 Å². The van der Waals surface area contributed by atoms with Crippen LogP contribution in [0.3, 0.4) is 0 Å². The van der Waals surface area contributed by atoms with Crippen molar-refractivity contribution in [3.05, 3.63) is 0 Å². The van der Waals surface area contributed by atoms with Crippen molar-refractivity contribution in [3.63, 3.8) is 0 Å². The van der Waals surface area contributed by atoms with Crippen LogP contribution in [-0.2, 0) is 28.7 Å². The number of hydrogen-bond acceptors (Lipinski definition) is 7. The summed E-state index contributed by atoms with van der Waals surface area (Å²) >= 11 is 1.55. The minimum absolute atomic E-state index is 0.0785. The highest BCUT2D eigenvalue weighted by Gasteiger charge is 2.54. The molecule has 0 aromatic heterocycles. The van der Waals surface area contributed by atoms with E-state index in [9.17, 15) is 24.0 Å². The second kappa shape index (κ2) is 7.30. The van der Waals surface area contributed by atoms with E-state index >= 15 is 0 Å². The number of thioether (sulfide) groups is 1. The highest BCUT2D eigenvalue weighted by atomic mass is 32.2. The summed E-state index contributed by atoms with van der Waals surface area (Å²) < 4.78 is 5.27. The van der Waals surface area contributed by atoms with Crippen LogP contribution < -0.4 is 5.32 Å². The van der Waals surface area contributed by atoms with Crippen LogP contribution in [0.1, 0.15) is 51.9 Å². The number of rotatable bonds is 3. The topological polar surface area (TPSA) is 113 Å². The van der Waals surface area contributed by atoms with E-state index in [1.165, 1.54) is 4.90 Å². The molecule has 9 nitrogen and oxygen atoms in total. The summed E-state index contributed by atoms with van der Waals surface area (Å²) in [6, 6.07) is -0.706. The maximum atomic E-state index is 12.9. The number of fused-ring (bicyclic) bond motifs is 1. The SMILES string of the molecule is C[C@]12CCC(=O)N1[C@@H](C(=O)OCC(=O)N1CC(=O)NC(=O)C13CCCCC3)CS2. The summed E-state index contributed by atoms with van der Waals surface area (Å²) in [6.07, 6.45) is 4.63. The Morgan fingerprint density at radius 2 is 1.90 bits per heavy atom. The van der Waals surface area contributed by atoms with Gasteiger partial charge >= 0.3 is 5.97 Å². The lowest BCUT2D eigenvalue weighted by Gasteiger charge is -2.47. The van der Waals surface area contributed by atoms with Crippen molar-refractivity contribution in [1.82, 2.24) is 15.1 Å². The minimum Gasteiger partial charge on any atom is -0.454 e. The fraction of sp³-hybridized carbons (Fsp3) is 0.737. The Morgan fingerprint density at radius 1 is 1.17 bits per heavy atom. The molecule has 1 saturated carbocycles. The Hall–Kier alpha value is -2.10. The summed E-state index contributed by atoms with van der Waals surface area (Å²) in [5, 5.41) is 2.34. The number of nitrogens with zero attached hydrogens (tertiary/aromatic N) is 2. The highest BCUT2D eigenvalue weighted by molar-refractivity contribution is 8.01. The zero-order chi connectivity index (χ0) is 20.8. The molecule has 4 aliphatic rings. The standard InChI is InChI=1S/C19H25N3O6S/c1-18-8-5-14(24)22(18)12(11-29-18)16(26)28-10-15(25)21-9-13(23)20-17(27)19(21)6-3-2-4-7-19/h12H,2-11H2,1H3,(H,20,23,27)/t12-,18+/m1/s1. The van der Waals surface area contributed by atoms with Gasteiger partial charge in [-0.2, -0.15) is 0 Å². The van der Waals surface area contributed by atoms with Crippen LogP contribution in [-0.4, -0.2) is 74.8 Å². The van der Waals surface area contributed by atoms with Gasteiger partial charge in [-0.25, -0.2) is 4.79 Å². The van der Waals surface area contributed by atoms with Crippen LogP contribution >= 0.6 is 11.8 Å². The fourth-order valence-electron chi connectivity index (χ4n) is 4.96. The molecule has 158 valence electrons. The molecule has 3 aliphatic heterocycles. The molecule has 0 bridgehead atoms. The second-order valence-corrected chi connectivity index (χ2v) is 9.82. The van der Waals surface area contributed by atoms with Gasteiger partial charge in [0.25, 0.3) is 11.8 Å². The molecule has 29 heavy (non-hydrogen) atoms. The monoisotopic (exact) mass is 423 g/mol. The van der Waals surface area contributed by atoms with Gasteiger partial charge in [0.15, 0.2) is 6.61 Å². The van der Waals surface area contributed by atoms with Gasteiger partial charge in [-0.1, -0.05) is 19.3 Å². The van der Waals surface area contributed by atoms with E-state index in [1.54, 1.807) is 16.7 Å². The average molecular weight is 423 g/mol. The molecule has 4 amide bonds. The molecule has 3 heterocycles. The van der Waals surface area contributed by atoms with Crippen molar-refractivity contribution >= 4 is 41.4 Å². The van der Waals surface area contributed by atoms with Gasteiger partial charge in [0, 0.05) is 12.2 Å². The lowest BCUT2D eigenvalue weighted by Crippen LogP contribution is -2.69. The molecular weight excluding hydrogens is 398 g/mol. The summed E-state index contributed by atoms with van der Waals surface area (Å²) in [7, 11) is 0. The van der Waals surface area contributed by atoms with Crippen molar-refractivity contribution in [2.24, 2.45) is 0 Å². The number of carbonyl (C=O) groups excluding carboxylic acids is 5. The van der Waals surface area contributed by atoms with Crippen LogP contribution in [0.5, 0.6) is 0 Å². The Labute approximate surface area is 172 Å². The number of piperazine rings is 1. The normalized spacial score (nSPS) is 31.1. The first-order chi connectivity index (χ1) is 13.8. The predicted octanol–water partition coefficient (Wildman–Crippen LogP) is 0.172. The van der Waals surface area contributed by atoms with E-state index in [-0.39, 0.29) is 12.5 Å². The van der Waals surface area contributed by atoms with E-state index in [1.807, 2.05) is 6.92 Å². The lowest BCUT2D eigenvalue weighted by molar-refractivity contribution is -0.166. The highest BCUT2D eigenvalue weighted by Crippen LogP contribution is 2.47. The molecule has 1 aliphatic carbocycles. The Morgan fingerprint density at radius 3 is 2.62 bits per heavy atom. The number of hydrogen-bond donors (Lipinski definition) is 1. The van der Waals surface area contributed by atoms with Gasteiger partial charge in [0.05, 0.1) is 4.87 Å². The molecule has 0 radical (unpaired) electrons. The smallest absolute Gasteiger partial charge is 0.330 e. The lowest BCUT2D eigenvalue weighted by atomic mass is 9.78. The average Bonchev–Trinajstić information content (AvgIpc) is 3.19. The summed E-state index contributed by atoms with van der Waals surface area (Å²) in [6.45, 7) is 1.18. The quantitative estimate of drug-likeness (QED) is 0.509. The summed E-state index contributed by atoms with van der Waals surface area (Å²) in [4.78, 5) is 64.6. The molecule has 0 unspecified atom stereocenters. The number of carbonyl (C=O) groups is 5. The first-order valence-corrected chi connectivity index (χ1v) is 11.0. The number of ether oxygens (including phenoxy) is 1. The molecule has 0 aromatic rings. The molecule has 4 rings (SSSR count). The fourth-order valence-corrected chi connectivity index (χ4v) is 6.38. The zero-order valence-electron chi connectivity index (χ0n) is 16.4. The molecule has 3 saturated heterocycles. The van der Waals surface area contributed by atoms with Crippen molar-refractivity contribution in [3.8, 4) is 0 Å². The molecule has 2 atom stereocenters. The largest absolute Gasteiger partial charge is 0.454 e. The van der Waals surface area contributed by atoms with Crippen molar-refractivity contribution in [1.29, 1.82) is 0 Å². The van der Waals surface area contributed by atoms with Gasteiger partial charge in [0.1, 0.15) is 18.1 Å². The van der Waals surface area contributed by atoms with Gasteiger partial charge < -0.3 is 14.5 Å². The molecule has 1 spiro atoms. The molecule has 0 aromatic carbocycles. The third-order valence-corrected chi connectivity index (χ3v) is 8.04. The number of imide groups is 1. The van der Waals surface area contributed by atoms with Crippen molar-refractivity contribution in [2.75, 3.05) is 18.9 Å². The molecular formula is C19H25N3O6S. The molecule has 10 heteroatoms. The maximum Gasteiger partial charge on any atom is 0.330 e.